The van der Waals surface area contributed by atoms with E-state index in [1.807, 2.05) is 0 Å². The number of benzene rings is 2. The Labute approximate surface area is 258 Å². The van der Waals surface area contributed by atoms with Crippen molar-refractivity contribution in [1.82, 2.24) is 19.8 Å². The van der Waals surface area contributed by atoms with Crippen LogP contribution < -0.4 is 14.5 Å². The normalized spacial score (nSPS) is 18.6. The molecule has 2 aliphatic heterocycles. The van der Waals surface area contributed by atoms with Gasteiger partial charge in [-0.25, -0.2) is 11.0 Å². The lowest BCUT2D eigenvalue weighted by Crippen LogP contribution is -2.57. The summed E-state index contributed by atoms with van der Waals surface area (Å²) in [5.41, 5.74) is 4.41. The van der Waals surface area contributed by atoms with Crippen LogP contribution in [0.3, 0.4) is 0 Å². The van der Waals surface area contributed by atoms with Crippen LogP contribution in [0.2, 0.25) is 0 Å². The van der Waals surface area contributed by atoms with Crippen molar-refractivity contribution in [3.8, 4) is 6.01 Å². The Hall–Kier alpha value is -4.23. The molecule has 6 rings (SSSR count). The van der Waals surface area contributed by atoms with Gasteiger partial charge in [0.25, 0.3) is 5.91 Å². The van der Waals surface area contributed by atoms with E-state index in [-0.39, 0.29) is 13.1 Å². The molecule has 2 fully saturated rings. The van der Waals surface area contributed by atoms with Crippen LogP contribution in [-0.4, -0.2) is 90.7 Å². The molecule has 1 aromatic heterocycles. The number of ether oxygens (including phenoxy) is 1. The zero-order chi connectivity index (χ0) is 30.8. The first-order valence-electron chi connectivity index (χ1n) is 15.5. The van der Waals surface area contributed by atoms with Gasteiger partial charge >= 0.3 is 6.01 Å². The van der Waals surface area contributed by atoms with Gasteiger partial charge in [-0.05, 0) is 50.2 Å². The van der Waals surface area contributed by atoms with Crippen LogP contribution in [0.25, 0.3) is 15.6 Å². The number of carbonyl (C=O) groups excluding carboxylic acids is 1. The molecule has 1 amide bonds. The van der Waals surface area contributed by atoms with Crippen molar-refractivity contribution in [3.63, 3.8) is 0 Å². The summed E-state index contributed by atoms with van der Waals surface area (Å²) in [5.74, 6) is -0.963. The molecule has 9 nitrogen and oxygen atoms in total. The smallest absolute Gasteiger partial charge is 0.318 e. The van der Waals surface area contributed by atoms with Crippen molar-refractivity contribution in [2.45, 2.75) is 51.2 Å². The summed E-state index contributed by atoms with van der Waals surface area (Å²) in [6.45, 7) is 16.7. The fourth-order valence-corrected chi connectivity index (χ4v) is 6.71. The summed E-state index contributed by atoms with van der Waals surface area (Å²) in [4.78, 5) is 34.2. The highest BCUT2D eigenvalue weighted by atomic mass is 19.1. The van der Waals surface area contributed by atoms with Crippen LogP contribution in [0.5, 0.6) is 6.01 Å². The lowest BCUT2D eigenvalue weighted by Gasteiger charge is -2.41. The maximum Gasteiger partial charge on any atom is 0.318 e. The second-order valence-corrected chi connectivity index (χ2v) is 12.1. The average molecular weight is 598 g/mol. The molecular weight excluding hydrogens is 557 g/mol. The third-order valence-corrected chi connectivity index (χ3v) is 9.40. The lowest BCUT2D eigenvalue weighted by molar-refractivity contribution is -0.131. The monoisotopic (exact) mass is 597 g/mol. The Morgan fingerprint density at radius 2 is 1.95 bits per heavy atom. The molecule has 0 bridgehead atoms. The Bertz CT molecular complexity index is 1600. The number of amides is 1. The number of likely N-dealkylation sites (N-methyl/N-ethyl adjacent to an activating group) is 1. The Morgan fingerprint density at radius 1 is 1.16 bits per heavy atom. The minimum absolute atomic E-state index is 0.0772. The summed E-state index contributed by atoms with van der Waals surface area (Å²) in [6.07, 6.45) is 4.49. The molecule has 0 radical (unpaired) electrons. The predicted octanol–water partition coefficient (Wildman–Crippen LogP) is 4.78. The Morgan fingerprint density at radius 3 is 2.68 bits per heavy atom. The van der Waals surface area contributed by atoms with E-state index < -0.39 is 17.8 Å². The third-order valence-electron chi connectivity index (χ3n) is 9.40. The SMILES string of the molecule is [C-]#[N+]C[C@H]1CN(c2nc(OCCN(C)C3CCC3)nc3c2CCN(c2cccc4cccc(C)c24)C3)CCN1C(=O)C(=C)F. The minimum atomic E-state index is -1.00. The fourth-order valence-electron chi connectivity index (χ4n) is 6.71. The van der Waals surface area contributed by atoms with Gasteiger partial charge in [-0.2, -0.15) is 9.97 Å². The molecule has 44 heavy (non-hydrogen) atoms. The lowest BCUT2D eigenvalue weighted by atomic mass is 9.92. The molecule has 0 spiro atoms. The number of nitrogens with zero attached hydrogens (tertiary/aromatic N) is 7. The van der Waals surface area contributed by atoms with Gasteiger partial charge < -0.3 is 29.2 Å². The van der Waals surface area contributed by atoms with Crippen molar-refractivity contribution in [2.24, 2.45) is 0 Å². The number of piperazine rings is 1. The minimum Gasteiger partial charge on any atom is -0.462 e. The molecule has 1 saturated heterocycles. The molecule has 1 saturated carbocycles. The number of aryl methyl sites for hydroxylation is 1. The van der Waals surface area contributed by atoms with Crippen LogP contribution in [0.1, 0.15) is 36.1 Å². The van der Waals surface area contributed by atoms with E-state index in [9.17, 15) is 9.18 Å². The van der Waals surface area contributed by atoms with Crippen LogP contribution in [0.15, 0.2) is 48.8 Å². The highest BCUT2D eigenvalue weighted by molar-refractivity contribution is 5.97. The summed E-state index contributed by atoms with van der Waals surface area (Å²) in [5, 5.41) is 2.46. The van der Waals surface area contributed by atoms with Crippen LogP contribution in [0.4, 0.5) is 15.9 Å². The third kappa shape index (κ3) is 5.93. The van der Waals surface area contributed by atoms with Gasteiger partial charge in [0.1, 0.15) is 18.5 Å². The van der Waals surface area contributed by atoms with Gasteiger partial charge in [-0.3, -0.25) is 4.79 Å². The first kappa shape index (κ1) is 29.8. The standard InChI is InChI=1S/C34H40FN7O2/c1-23-8-5-9-25-10-6-13-30(31(23)25)40-15-14-28-29(22-40)37-34(44-19-18-39(4)26-11-7-12-26)38-32(28)41-16-17-42(33(43)24(2)35)27(21-41)20-36-3/h5-6,8-10,13,26-27H,2,7,11-12,14-22H2,1,4H3/t27-/m0/s1. The zero-order valence-electron chi connectivity index (χ0n) is 25.6. The van der Waals surface area contributed by atoms with Crippen molar-refractivity contribution in [3.05, 3.63) is 77.0 Å². The molecule has 0 N–H and O–H groups in total. The zero-order valence-corrected chi connectivity index (χ0v) is 25.6. The number of aromatic nitrogens is 2. The van der Waals surface area contributed by atoms with E-state index in [1.165, 1.54) is 46.2 Å². The van der Waals surface area contributed by atoms with Crippen LogP contribution in [-0.2, 0) is 17.8 Å². The molecule has 1 atom stereocenters. The number of carbonyl (C=O) groups is 1. The highest BCUT2D eigenvalue weighted by Crippen LogP contribution is 2.36. The topological polar surface area (TPSA) is 69.4 Å². The molecule has 3 heterocycles. The summed E-state index contributed by atoms with van der Waals surface area (Å²) in [7, 11) is 2.14. The van der Waals surface area contributed by atoms with Crippen molar-refractivity contribution in [2.75, 3.05) is 62.7 Å². The van der Waals surface area contributed by atoms with E-state index >= 15 is 0 Å². The maximum atomic E-state index is 13.8. The largest absolute Gasteiger partial charge is 0.462 e. The summed E-state index contributed by atoms with van der Waals surface area (Å²) in [6, 6.07) is 13.3. The predicted molar refractivity (Wildman–Crippen MR) is 171 cm³/mol. The quantitative estimate of drug-likeness (QED) is 0.260. The number of rotatable bonds is 9. The van der Waals surface area contributed by atoms with E-state index in [1.54, 1.807) is 0 Å². The molecule has 230 valence electrons. The Balaban J connectivity index is 1.30. The first-order valence-corrected chi connectivity index (χ1v) is 15.5. The number of hydrogen-bond acceptors (Lipinski definition) is 7. The second kappa shape index (κ2) is 12.8. The van der Waals surface area contributed by atoms with E-state index in [4.69, 9.17) is 21.3 Å². The van der Waals surface area contributed by atoms with E-state index in [0.717, 1.165) is 36.6 Å². The highest BCUT2D eigenvalue weighted by Gasteiger charge is 2.36. The number of hydrogen-bond donors (Lipinski definition) is 0. The average Bonchev–Trinajstić information content (AvgIpc) is 2.99. The second-order valence-electron chi connectivity index (χ2n) is 12.1. The van der Waals surface area contributed by atoms with Crippen LogP contribution >= 0.6 is 0 Å². The summed E-state index contributed by atoms with van der Waals surface area (Å²) >= 11 is 0. The van der Waals surface area contributed by atoms with Gasteiger partial charge in [-0.1, -0.05) is 43.3 Å². The molecule has 1 aliphatic carbocycles. The maximum absolute atomic E-state index is 13.8. The van der Waals surface area contributed by atoms with E-state index in [2.05, 4.69) is 76.5 Å². The fraction of sp³-hybridized carbons (Fsp3) is 0.471. The van der Waals surface area contributed by atoms with Crippen molar-refractivity contribution >= 4 is 28.2 Å². The number of fused-ring (bicyclic) bond motifs is 2. The molecular formula is C34H40FN7O2. The first-order chi connectivity index (χ1) is 21.3. The van der Waals surface area contributed by atoms with Gasteiger partial charge in [0, 0.05) is 55.4 Å². The van der Waals surface area contributed by atoms with Crippen LogP contribution in [0, 0.1) is 13.5 Å². The molecule has 3 aliphatic rings. The van der Waals surface area contributed by atoms with Gasteiger partial charge in [0.2, 0.25) is 6.54 Å². The molecule has 2 aromatic carbocycles. The van der Waals surface area contributed by atoms with Crippen molar-refractivity contribution in [1.29, 1.82) is 0 Å². The van der Waals surface area contributed by atoms with Gasteiger partial charge in [0.05, 0.1) is 12.2 Å². The Kier molecular flexibility index (Phi) is 8.67. The number of anilines is 2. The van der Waals surface area contributed by atoms with Gasteiger partial charge in [0.15, 0.2) is 5.83 Å². The van der Waals surface area contributed by atoms with E-state index in [0.29, 0.717) is 38.3 Å². The van der Waals surface area contributed by atoms with Crippen molar-refractivity contribution < 1.29 is 13.9 Å². The number of halogens is 1. The molecule has 10 heteroatoms. The van der Waals surface area contributed by atoms with Gasteiger partial charge in [-0.15, -0.1) is 0 Å². The molecule has 3 aromatic rings. The summed E-state index contributed by atoms with van der Waals surface area (Å²) < 4.78 is 20.0. The molecule has 0 unspecified atom stereocenters.